The number of ether oxygens (including phenoxy) is 1. The highest BCUT2D eigenvalue weighted by molar-refractivity contribution is 7.89. The minimum Gasteiger partial charge on any atom is -0.497 e. The second-order valence-corrected chi connectivity index (χ2v) is 12.3. The van der Waals surface area contributed by atoms with Gasteiger partial charge in [-0.25, -0.2) is 13.4 Å². The third-order valence-corrected chi connectivity index (χ3v) is 10.1. The number of methoxy groups -OCH3 is 1. The number of carbonyl (C=O) groups excluding carboxylic acids is 1. The number of amides is 1. The van der Waals surface area contributed by atoms with Gasteiger partial charge < -0.3 is 14.5 Å². The van der Waals surface area contributed by atoms with Crippen LogP contribution in [0.5, 0.6) is 5.75 Å². The molecule has 2 aromatic carbocycles. The van der Waals surface area contributed by atoms with Gasteiger partial charge in [-0.2, -0.15) is 4.31 Å². The van der Waals surface area contributed by atoms with Crippen LogP contribution >= 0.6 is 11.3 Å². The van der Waals surface area contributed by atoms with Gasteiger partial charge in [-0.3, -0.25) is 4.79 Å². The Balaban J connectivity index is 1.21. The first-order chi connectivity index (χ1) is 17.4. The van der Waals surface area contributed by atoms with Crippen LogP contribution in [-0.4, -0.2) is 74.9 Å². The molecule has 3 heterocycles. The SMILES string of the molecule is CCc1ccc2nc(N3CCN(C(=O)C4CCCN(S(=O)(=O)c5ccc(OC)cc5)C4)CC3)sc2c1. The lowest BCUT2D eigenvalue weighted by molar-refractivity contribution is -0.137. The van der Waals surface area contributed by atoms with Crippen molar-refractivity contribution in [1.82, 2.24) is 14.2 Å². The van der Waals surface area contributed by atoms with Crippen LogP contribution < -0.4 is 9.64 Å². The molecule has 2 aliphatic rings. The number of fused-ring (bicyclic) bond motifs is 1. The molecule has 2 saturated heterocycles. The van der Waals surface area contributed by atoms with E-state index in [2.05, 4.69) is 30.0 Å². The number of hydrogen-bond acceptors (Lipinski definition) is 7. The lowest BCUT2D eigenvalue weighted by Gasteiger charge is -2.38. The number of aryl methyl sites for hydroxylation is 1. The predicted molar refractivity (Wildman–Crippen MR) is 142 cm³/mol. The molecule has 0 N–H and O–H groups in total. The largest absolute Gasteiger partial charge is 0.497 e. The maximum Gasteiger partial charge on any atom is 0.243 e. The molecule has 1 amide bonds. The molecular formula is C26H32N4O4S2. The summed E-state index contributed by atoms with van der Waals surface area (Å²) in [5, 5.41) is 1.000. The van der Waals surface area contributed by atoms with E-state index in [-0.39, 0.29) is 23.3 Å². The van der Waals surface area contributed by atoms with E-state index in [4.69, 9.17) is 9.72 Å². The lowest BCUT2D eigenvalue weighted by atomic mass is 9.98. The molecule has 3 aromatic rings. The number of carbonyl (C=O) groups is 1. The third-order valence-electron chi connectivity index (χ3n) is 7.14. The van der Waals surface area contributed by atoms with Gasteiger partial charge in [-0.1, -0.05) is 24.3 Å². The van der Waals surface area contributed by atoms with Gasteiger partial charge in [0.1, 0.15) is 5.75 Å². The maximum absolute atomic E-state index is 13.4. The first-order valence-corrected chi connectivity index (χ1v) is 14.7. The number of hydrogen-bond donors (Lipinski definition) is 0. The minimum absolute atomic E-state index is 0.0566. The van der Waals surface area contributed by atoms with Crippen molar-refractivity contribution in [3.8, 4) is 5.75 Å². The molecule has 1 atom stereocenters. The summed E-state index contributed by atoms with van der Waals surface area (Å²) in [4.78, 5) is 22.5. The molecule has 5 rings (SSSR count). The summed E-state index contributed by atoms with van der Waals surface area (Å²) in [6, 6.07) is 12.8. The van der Waals surface area contributed by atoms with Gasteiger partial charge in [0.05, 0.1) is 28.1 Å². The van der Waals surface area contributed by atoms with Crippen LogP contribution in [0.4, 0.5) is 5.13 Å². The van der Waals surface area contributed by atoms with E-state index in [1.807, 2.05) is 4.90 Å². The number of anilines is 1. The maximum atomic E-state index is 13.4. The lowest BCUT2D eigenvalue weighted by Crippen LogP contribution is -2.53. The van der Waals surface area contributed by atoms with Crippen LogP contribution in [0.15, 0.2) is 47.4 Å². The predicted octanol–water partition coefficient (Wildman–Crippen LogP) is 3.62. The van der Waals surface area contributed by atoms with E-state index < -0.39 is 10.0 Å². The van der Waals surface area contributed by atoms with E-state index in [9.17, 15) is 13.2 Å². The fourth-order valence-electron chi connectivity index (χ4n) is 4.95. The Morgan fingerprint density at radius 2 is 1.83 bits per heavy atom. The molecular weight excluding hydrogens is 496 g/mol. The average molecular weight is 529 g/mol. The molecule has 1 unspecified atom stereocenters. The van der Waals surface area contributed by atoms with Crippen molar-refractivity contribution in [1.29, 1.82) is 0 Å². The molecule has 2 aliphatic heterocycles. The molecule has 0 aliphatic carbocycles. The van der Waals surface area contributed by atoms with Crippen LogP contribution in [0.2, 0.25) is 0 Å². The van der Waals surface area contributed by atoms with Gasteiger partial charge in [-0.15, -0.1) is 0 Å². The van der Waals surface area contributed by atoms with Gasteiger partial charge in [-0.05, 0) is 61.2 Å². The third kappa shape index (κ3) is 4.94. The number of thiazole rings is 1. The van der Waals surface area contributed by atoms with Crippen molar-refractivity contribution < 1.29 is 17.9 Å². The first kappa shape index (κ1) is 25.0. The molecule has 0 bridgehead atoms. The van der Waals surface area contributed by atoms with Gasteiger partial charge >= 0.3 is 0 Å². The van der Waals surface area contributed by atoms with E-state index in [0.717, 1.165) is 30.2 Å². The molecule has 192 valence electrons. The summed E-state index contributed by atoms with van der Waals surface area (Å²) >= 11 is 1.70. The number of piperazine rings is 1. The topological polar surface area (TPSA) is 83.1 Å². The number of rotatable bonds is 6. The zero-order chi connectivity index (χ0) is 25.3. The zero-order valence-electron chi connectivity index (χ0n) is 20.7. The highest BCUT2D eigenvalue weighted by Crippen LogP contribution is 2.31. The van der Waals surface area contributed by atoms with Crippen LogP contribution in [0.1, 0.15) is 25.3 Å². The Morgan fingerprint density at radius 3 is 2.53 bits per heavy atom. The standard InChI is InChI=1S/C26H32N4O4S2/c1-3-19-6-11-23-24(17-19)35-26(27-23)29-15-13-28(14-16-29)25(31)20-5-4-12-30(18-20)36(32,33)22-9-7-21(34-2)8-10-22/h6-11,17,20H,3-5,12-16,18H2,1-2H3. The van der Waals surface area contributed by atoms with Gasteiger partial charge in [0.25, 0.3) is 0 Å². The highest BCUT2D eigenvalue weighted by Gasteiger charge is 2.36. The molecule has 1 aromatic heterocycles. The summed E-state index contributed by atoms with van der Waals surface area (Å²) in [5.41, 5.74) is 2.33. The summed E-state index contributed by atoms with van der Waals surface area (Å²) in [6.45, 7) is 5.51. The summed E-state index contributed by atoms with van der Waals surface area (Å²) in [7, 11) is -2.11. The van der Waals surface area contributed by atoms with Crippen LogP contribution in [0, 0.1) is 5.92 Å². The Labute approximate surface area is 216 Å². The smallest absolute Gasteiger partial charge is 0.243 e. The number of nitrogens with zero attached hydrogens (tertiary/aromatic N) is 4. The van der Waals surface area contributed by atoms with Crippen LogP contribution in [0.3, 0.4) is 0 Å². The Morgan fingerprint density at radius 1 is 1.08 bits per heavy atom. The van der Waals surface area contributed by atoms with Gasteiger partial charge in [0, 0.05) is 39.3 Å². The van der Waals surface area contributed by atoms with E-state index >= 15 is 0 Å². The fourth-order valence-corrected chi connectivity index (χ4v) is 7.55. The fraction of sp³-hybridized carbons (Fsp3) is 0.462. The molecule has 2 fully saturated rings. The zero-order valence-corrected chi connectivity index (χ0v) is 22.4. The first-order valence-electron chi connectivity index (χ1n) is 12.5. The molecule has 10 heteroatoms. The van der Waals surface area contributed by atoms with Crippen molar-refractivity contribution in [3.05, 3.63) is 48.0 Å². The number of benzene rings is 2. The van der Waals surface area contributed by atoms with Crippen molar-refractivity contribution >= 4 is 42.6 Å². The van der Waals surface area contributed by atoms with E-state index in [1.165, 1.54) is 14.6 Å². The van der Waals surface area contributed by atoms with E-state index in [1.54, 1.807) is 42.7 Å². The van der Waals surface area contributed by atoms with Crippen LogP contribution in [-0.2, 0) is 21.2 Å². The summed E-state index contributed by atoms with van der Waals surface area (Å²) in [6.07, 6.45) is 2.40. The number of sulfonamides is 1. The normalized spacial score (nSPS) is 19.6. The molecule has 0 radical (unpaired) electrons. The molecule has 0 saturated carbocycles. The van der Waals surface area contributed by atoms with E-state index in [0.29, 0.717) is 38.2 Å². The van der Waals surface area contributed by atoms with Crippen LogP contribution in [0.25, 0.3) is 10.2 Å². The Hall–Kier alpha value is -2.69. The van der Waals surface area contributed by atoms with Gasteiger partial charge in [0.2, 0.25) is 15.9 Å². The second-order valence-electron chi connectivity index (χ2n) is 9.34. The monoisotopic (exact) mass is 528 g/mol. The highest BCUT2D eigenvalue weighted by atomic mass is 32.2. The summed E-state index contributed by atoms with van der Waals surface area (Å²) in [5.74, 6) is 0.353. The van der Waals surface area contributed by atoms with Crippen molar-refractivity contribution in [3.63, 3.8) is 0 Å². The summed E-state index contributed by atoms with van der Waals surface area (Å²) < 4.78 is 34.2. The average Bonchev–Trinajstić information content (AvgIpc) is 3.36. The quantitative estimate of drug-likeness (QED) is 0.486. The minimum atomic E-state index is -3.66. The molecule has 36 heavy (non-hydrogen) atoms. The molecule has 8 nitrogen and oxygen atoms in total. The Bertz CT molecular complexity index is 1330. The number of aromatic nitrogens is 1. The molecule has 0 spiro atoms. The van der Waals surface area contributed by atoms with Crippen molar-refractivity contribution in [2.75, 3.05) is 51.3 Å². The second kappa shape index (κ2) is 10.4. The Kier molecular flexibility index (Phi) is 7.18. The van der Waals surface area contributed by atoms with Crippen molar-refractivity contribution in [2.45, 2.75) is 31.1 Å². The number of piperidine rings is 1. The van der Waals surface area contributed by atoms with Crippen molar-refractivity contribution in [2.24, 2.45) is 5.92 Å². The van der Waals surface area contributed by atoms with Gasteiger partial charge in [0.15, 0.2) is 5.13 Å².